The molecule has 18 heavy (non-hydrogen) atoms. The number of nitrogens with zero attached hydrogens (tertiary/aromatic N) is 3. The third-order valence-electron chi connectivity index (χ3n) is 2.30. The van der Waals surface area contributed by atoms with Crippen LogP contribution in [-0.4, -0.2) is 39.4 Å². The number of carbonyl (C=O) groups excluding carboxylic acids is 1. The summed E-state index contributed by atoms with van der Waals surface area (Å²) < 4.78 is 0.723. The van der Waals surface area contributed by atoms with Crippen LogP contribution in [0.5, 0.6) is 0 Å². The Hall–Kier alpha value is -1.63. The van der Waals surface area contributed by atoms with Crippen LogP contribution in [0.2, 0.25) is 0 Å². The molecule has 1 amide bonds. The Balaban J connectivity index is 2.96. The molecule has 0 unspecified atom stereocenters. The van der Waals surface area contributed by atoms with Crippen molar-refractivity contribution in [1.82, 2.24) is 9.88 Å². The summed E-state index contributed by atoms with van der Waals surface area (Å²) in [6.07, 6.45) is 3.08. The minimum Gasteiger partial charge on any atom is -0.409 e. The second-order valence-corrected chi connectivity index (χ2v) is 4.93. The molecule has 0 aliphatic carbocycles. The van der Waals surface area contributed by atoms with E-state index in [9.17, 15) is 4.79 Å². The lowest BCUT2D eigenvalue weighted by Crippen LogP contribution is -2.42. The zero-order valence-corrected chi connectivity index (χ0v) is 11.8. The first-order chi connectivity index (χ1) is 8.45. The minimum absolute atomic E-state index is 0.0139. The monoisotopic (exact) mass is 314 g/mol. The van der Waals surface area contributed by atoms with Gasteiger partial charge in [0.15, 0.2) is 5.84 Å². The highest BCUT2D eigenvalue weighted by Crippen LogP contribution is 2.13. The first-order valence-corrected chi connectivity index (χ1v) is 6.13. The molecule has 98 valence electrons. The van der Waals surface area contributed by atoms with Gasteiger partial charge in [0.25, 0.3) is 5.91 Å². The van der Waals surface area contributed by atoms with E-state index < -0.39 is 0 Å². The summed E-state index contributed by atoms with van der Waals surface area (Å²) >= 11 is 3.26. The van der Waals surface area contributed by atoms with E-state index in [4.69, 9.17) is 10.9 Å². The zero-order chi connectivity index (χ0) is 13.7. The second kappa shape index (κ2) is 6.34. The van der Waals surface area contributed by atoms with Gasteiger partial charge in [-0.1, -0.05) is 5.16 Å². The topological polar surface area (TPSA) is 91.8 Å². The molecule has 0 saturated heterocycles. The third-order valence-corrected chi connectivity index (χ3v) is 2.73. The van der Waals surface area contributed by atoms with Crippen molar-refractivity contribution in [2.75, 3.05) is 6.54 Å². The zero-order valence-electron chi connectivity index (χ0n) is 10.2. The molecule has 1 aromatic heterocycles. The molecule has 0 bridgehead atoms. The first kappa shape index (κ1) is 14.4. The van der Waals surface area contributed by atoms with Crippen molar-refractivity contribution in [3.8, 4) is 0 Å². The molecule has 0 fully saturated rings. The fourth-order valence-electron chi connectivity index (χ4n) is 1.39. The van der Waals surface area contributed by atoms with Gasteiger partial charge in [-0.05, 0) is 35.8 Å². The van der Waals surface area contributed by atoms with Crippen molar-refractivity contribution in [2.45, 2.75) is 19.9 Å². The maximum absolute atomic E-state index is 12.3. The van der Waals surface area contributed by atoms with Gasteiger partial charge in [-0.3, -0.25) is 9.78 Å². The molecule has 0 spiro atoms. The molecular formula is C11H15BrN4O2. The van der Waals surface area contributed by atoms with Gasteiger partial charge >= 0.3 is 0 Å². The van der Waals surface area contributed by atoms with Crippen LogP contribution in [-0.2, 0) is 0 Å². The van der Waals surface area contributed by atoms with Crippen LogP contribution in [0.4, 0.5) is 0 Å². The van der Waals surface area contributed by atoms with Gasteiger partial charge in [0.2, 0.25) is 0 Å². The molecule has 1 heterocycles. The van der Waals surface area contributed by atoms with Gasteiger partial charge in [-0.15, -0.1) is 0 Å². The van der Waals surface area contributed by atoms with Gasteiger partial charge in [-0.2, -0.15) is 0 Å². The van der Waals surface area contributed by atoms with Gasteiger partial charge in [0, 0.05) is 22.9 Å². The summed E-state index contributed by atoms with van der Waals surface area (Å²) in [6.45, 7) is 3.78. The maximum atomic E-state index is 12.3. The van der Waals surface area contributed by atoms with Crippen molar-refractivity contribution in [1.29, 1.82) is 0 Å². The highest BCUT2D eigenvalue weighted by atomic mass is 79.9. The van der Waals surface area contributed by atoms with E-state index >= 15 is 0 Å². The number of hydrogen-bond acceptors (Lipinski definition) is 4. The molecule has 0 aliphatic heterocycles. The summed E-state index contributed by atoms with van der Waals surface area (Å²) in [5.41, 5.74) is 5.89. The van der Waals surface area contributed by atoms with E-state index in [0.717, 1.165) is 4.47 Å². The van der Waals surface area contributed by atoms with E-state index in [1.807, 2.05) is 13.8 Å². The number of nitrogens with two attached hydrogens (primary N) is 1. The highest BCUT2D eigenvalue weighted by molar-refractivity contribution is 9.10. The maximum Gasteiger partial charge on any atom is 0.256 e. The summed E-state index contributed by atoms with van der Waals surface area (Å²) in [7, 11) is 0. The number of rotatable bonds is 4. The van der Waals surface area contributed by atoms with Gasteiger partial charge in [0.05, 0.1) is 12.1 Å². The summed E-state index contributed by atoms with van der Waals surface area (Å²) in [4.78, 5) is 17.7. The summed E-state index contributed by atoms with van der Waals surface area (Å²) in [5, 5.41) is 11.4. The quantitative estimate of drug-likeness (QED) is 0.381. The van der Waals surface area contributed by atoms with Crippen LogP contribution >= 0.6 is 15.9 Å². The Morgan fingerprint density at radius 3 is 2.78 bits per heavy atom. The number of pyridine rings is 1. The summed E-state index contributed by atoms with van der Waals surface area (Å²) in [6, 6.07) is 1.61. The van der Waals surface area contributed by atoms with E-state index in [1.165, 1.54) is 11.1 Å². The molecule has 0 atom stereocenters. The molecule has 0 saturated carbocycles. The van der Waals surface area contributed by atoms with Crippen LogP contribution in [0.15, 0.2) is 28.1 Å². The van der Waals surface area contributed by atoms with E-state index in [-0.39, 0.29) is 24.3 Å². The lowest BCUT2D eigenvalue weighted by atomic mass is 10.2. The number of amides is 1. The van der Waals surface area contributed by atoms with Gasteiger partial charge < -0.3 is 15.8 Å². The normalized spacial score (nSPS) is 11.7. The molecule has 6 nitrogen and oxygen atoms in total. The Morgan fingerprint density at radius 2 is 2.28 bits per heavy atom. The Labute approximate surface area is 114 Å². The number of carbonyl (C=O) groups is 1. The molecule has 7 heteroatoms. The molecule has 1 rings (SSSR count). The van der Waals surface area contributed by atoms with Crippen LogP contribution in [0.3, 0.4) is 0 Å². The van der Waals surface area contributed by atoms with Crippen molar-refractivity contribution < 1.29 is 10.0 Å². The number of amidine groups is 1. The SMILES string of the molecule is CC(C)N(CC(N)=NO)C(=O)c1cncc(Br)c1. The van der Waals surface area contributed by atoms with Crippen molar-refractivity contribution in [3.63, 3.8) is 0 Å². The number of hydrogen-bond donors (Lipinski definition) is 2. The van der Waals surface area contributed by atoms with Crippen LogP contribution in [0.25, 0.3) is 0 Å². The standard InChI is InChI=1S/C11H15BrN4O2/c1-7(2)16(6-10(13)15-18)11(17)8-3-9(12)5-14-4-8/h3-5,7,18H,6H2,1-2H3,(H2,13,15). The van der Waals surface area contributed by atoms with Crippen LogP contribution in [0, 0.1) is 0 Å². The molecule has 0 radical (unpaired) electrons. The number of aromatic nitrogens is 1. The Kier molecular flexibility index (Phi) is 5.08. The molecule has 3 N–H and O–H groups in total. The lowest BCUT2D eigenvalue weighted by molar-refractivity contribution is 0.0733. The smallest absolute Gasteiger partial charge is 0.256 e. The predicted molar refractivity (Wildman–Crippen MR) is 71.5 cm³/mol. The van der Waals surface area contributed by atoms with Gasteiger partial charge in [0.1, 0.15) is 0 Å². The average molecular weight is 315 g/mol. The van der Waals surface area contributed by atoms with Crippen molar-refractivity contribution in [2.24, 2.45) is 10.9 Å². The molecule has 0 aromatic carbocycles. The average Bonchev–Trinajstić information content (AvgIpc) is 2.34. The molecule has 1 aromatic rings. The van der Waals surface area contributed by atoms with Gasteiger partial charge in [-0.25, -0.2) is 0 Å². The molecular weight excluding hydrogens is 300 g/mol. The molecule has 0 aliphatic rings. The second-order valence-electron chi connectivity index (χ2n) is 4.01. The third kappa shape index (κ3) is 3.69. The van der Waals surface area contributed by atoms with Crippen molar-refractivity contribution in [3.05, 3.63) is 28.5 Å². The first-order valence-electron chi connectivity index (χ1n) is 5.33. The fraction of sp³-hybridized carbons (Fsp3) is 0.364. The Morgan fingerprint density at radius 1 is 1.61 bits per heavy atom. The predicted octanol–water partition coefficient (Wildman–Crippen LogP) is 1.44. The lowest BCUT2D eigenvalue weighted by Gasteiger charge is -2.26. The largest absolute Gasteiger partial charge is 0.409 e. The van der Waals surface area contributed by atoms with E-state index in [1.54, 1.807) is 12.3 Å². The number of oxime groups is 1. The van der Waals surface area contributed by atoms with Crippen LogP contribution in [0.1, 0.15) is 24.2 Å². The van der Waals surface area contributed by atoms with E-state index in [2.05, 4.69) is 26.1 Å². The fourth-order valence-corrected chi connectivity index (χ4v) is 1.75. The highest BCUT2D eigenvalue weighted by Gasteiger charge is 2.20. The number of halogens is 1. The Bertz CT molecular complexity index is 462. The van der Waals surface area contributed by atoms with E-state index in [0.29, 0.717) is 5.56 Å². The summed E-state index contributed by atoms with van der Waals surface area (Å²) in [5.74, 6) is -0.231. The van der Waals surface area contributed by atoms with Crippen LogP contribution < -0.4 is 5.73 Å². The minimum atomic E-state index is -0.217. The van der Waals surface area contributed by atoms with Crippen molar-refractivity contribution >= 4 is 27.7 Å².